The summed E-state index contributed by atoms with van der Waals surface area (Å²) < 4.78 is 43.7. The molecule has 1 heterocycles. The number of thioether (sulfide) groups is 1. The zero-order valence-electron chi connectivity index (χ0n) is 15.7. The van der Waals surface area contributed by atoms with Crippen molar-refractivity contribution in [2.75, 3.05) is 6.54 Å². The van der Waals surface area contributed by atoms with Gasteiger partial charge in [0.15, 0.2) is 0 Å². The molecule has 0 bridgehead atoms. The minimum atomic E-state index is -4.75. The second-order valence-corrected chi connectivity index (χ2v) is 7.26. The molecule has 1 fully saturated rings. The van der Waals surface area contributed by atoms with Crippen molar-refractivity contribution in [3.8, 4) is 11.5 Å². The molecule has 2 aromatic rings. The molecule has 3 rings (SSSR count). The van der Waals surface area contributed by atoms with Crippen LogP contribution in [0.2, 0.25) is 0 Å². The van der Waals surface area contributed by atoms with Crippen LogP contribution in [0.1, 0.15) is 11.1 Å². The van der Waals surface area contributed by atoms with Gasteiger partial charge in [-0.2, -0.15) is 13.2 Å². The maximum atomic E-state index is 12.8. The highest BCUT2D eigenvalue weighted by atomic mass is 32.2. The molecule has 0 radical (unpaired) electrons. The fourth-order valence-corrected chi connectivity index (χ4v) is 3.44. The van der Waals surface area contributed by atoms with E-state index in [-0.39, 0.29) is 10.7 Å². The number of ether oxygens (including phenoxy) is 1. The number of hydrogen-bond donors (Lipinski definition) is 1. The Morgan fingerprint density at radius 2 is 1.84 bits per heavy atom. The van der Waals surface area contributed by atoms with E-state index < -0.39 is 51.8 Å². The molecule has 0 unspecified atom stereocenters. The molecule has 0 saturated carbocycles. The van der Waals surface area contributed by atoms with Crippen LogP contribution in [0, 0.1) is 10.1 Å². The molecular weight excluding hydrogens is 457 g/mol. The van der Waals surface area contributed by atoms with E-state index in [1.807, 2.05) is 0 Å². The fourth-order valence-electron chi connectivity index (χ4n) is 2.60. The van der Waals surface area contributed by atoms with Crippen LogP contribution in [-0.4, -0.2) is 38.6 Å². The van der Waals surface area contributed by atoms with Gasteiger partial charge in [-0.25, -0.2) is 0 Å². The van der Waals surface area contributed by atoms with Gasteiger partial charge >= 0.3 is 17.8 Å². The number of carbonyl (C=O) groups excluding carboxylic acids is 2. The number of rotatable bonds is 6. The number of nitro groups is 1. The second kappa shape index (κ2) is 8.70. The second-order valence-electron chi connectivity index (χ2n) is 6.27. The predicted molar refractivity (Wildman–Crippen MR) is 105 cm³/mol. The summed E-state index contributed by atoms with van der Waals surface area (Å²) in [6, 6.07) is 7.46. The van der Waals surface area contributed by atoms with Gasteiger partial charge in [0.05, 0.1) is 15.4 Å². The van der Waals surface area contributed by atoms with Gasteiger partial charge in [0, 0.05) is 6.07 Å². The van der Waals surface area contributed by atoms with Crippen LogP contribution in [0.15, 0.2) is 47.4 Å². The molecule has 13 heteroatoms. The molecule has 1 N–H and O–H groups in total. The van der Waals surface area contributed by atoms with Gasteiger partial charge in [0.2, 0.25) is 5.75 Å². The van der Waals surface area contributed by atoms with Crippen molar-refractivity contribution >= 4 is 40.6 Å². The lowest BCUT2D eigenvalue weighted by molar-refractivity contribution is -0.385. The summed E-state index contributed by atoms with van der Waals surface area (Å²) in [6.45, 7) is -0.763. The Bertz CT molecular complexity index is 1150. The van der Waals surface area contributed by atoms with Crippen LogP contribution in [0.4, 0.5) is 23.7 Å². The third-order valence-corrected chi connectivity index (χ3v) is 4.96. The van der Waals surface area contributed by atoms with Gasteiger partial charge < -0.3 is 9.84 Å². The van der Waals surface area contributed by atoms with Crippen LogP contribution < -0.4 is 4.74 Å². The number of amides is 2. The quantitative estimate of drug-likeness (QED) is 0.372. The molecule has 9 nitrogen and oxygen atoms in total. The molecule has 0 spiro atoms. The van der Waals surface area contributed by atoms with Gasteiger partial charge in [-0.05, 0) is 47.7 Å². The van der Waals surface area contributed by atoms with Gasteiger partial charge in [0.1, 0.15) is 12.3 Å². The molecule has 32 heavy (non-hydrogen) atoms. The summed E-state index contributed by atoms with van der Waals surface area (Å²) in [5, 5.41) is 19.2. The van der Waals surface area contributed by atoms with Crippen molar-refractivity contribution in [1.29, 1.82) is 0 Å². The minimum Gasteiger partial charge on any atom is -0.480 e. The number of carbonyl (C=O) groups is 3. The van der Waals surface area contributed by atoms with Crippen LogP contribution in [0.3, 0.4) is 0 Å². The molecular formula is C19H11F3N2O7S. The first-order valence-corrected chi connectivity index (χ1v) is 9.38. The normalized spacial score (nSPS) is 15.3. The molecule has 0 aliphatic carbocycles. The van der Waals surface area contributed by atoms with Crippen LogP contribution in [-0.2, 0) is 15.8 Å². The molecule has 2 aromatic carbocycles. The molecule has 2 amide bonds. The van der Waals surface area contributed by atoms with Gasteiger partial charge in [-0.1, -0.05) is 12.1 Å². The fraction of sp³-hybridized carbons (Fsp3) is 0.105. The van der Waals surface area contributed by atoms with E-state index in [9.17, 15) is 37.7 Å². The van der Waals surface area contributed by atoms with Crippen molar-refractivity contribution in [3.63, 3.8) is 0 Å². The summed E-state index contributed by atoms with van der Waals surface area (Å²) in [5.41, 5.74) is -1.63. The van der Waals surface area contributed by atoms with E-state index in [4.69, 9.17) is 9.84 Å². The number of nitro benzene ring substituents is 1. The number of carboxylic acid groups (broad SMARTS) is 1. The topological polar surface area (TPSA) is 127 Å². The van der Waals surface area contributed by atoms with E-state index in [0.717, 1.165) is 6.07 Å². The summed E-state index contributed by atoms with van der Waals surface area (Å²) >= 11 is 0.571. The van der Waals surface area contributed by atoms with Crippen LogP contribution in [0.5, 0.6) is 11.5 Å². The third kappa shape index (κ3) is 5.06. The number of alkyl halides is 3. The first kappa shape index (κ1) is 22.8. The number of aliphatic carboxylic acids is 1. The number of hydrogen-bond acceptors (Lipinski definition) is 7. The van der Waals surface area contributed by atoms with Gasteiger partial charge in [0.25, 0.3) is 11.1 Å². The Labute approximate surface area is 181 Å². The highest BCUT2D eigenvalue weighted by Gasteiger charge is 2.36. The molecule has 166 valence electrons. The Morgan fingerprint density at radius 3 is 2.41 bits per heavy atom. The van der Waals surface area contributed by atoms with Crippen LogP contribution >= 0.6 is 11.8 Å². The van der Waals surface area contributed by atoms with Crippen molar-refractivity contribution < 1.29 is 42.3 Å². The lowest BCUT2D eigenvalue weighted by Gasteiger charge is -2.10. The summed E-state index contributed by atoms with van der Waals surface area (Å²) in [5.74, 6) is -2.43. The monoisotopic (exact) mass is 468 g/mol. The van der Waals surface area contributed by atoms with Crippen LogP contribution in [0.25, 0.3) is 6.08 Å². The Kier molecular flexibility index (Phi) is 6.20. The third-order valence-electron chi connectivity index (χ3n) is 4.06. The van der Waals surface area contributed by atoms with Gasteiger partial charge in [-0.15, -0.1) is 0 Å². The maximum Gasteiger partial charge on any atom is 0.416 e. The van der Waals surface area contributed by atoms with Crippen molar-refractivity contribution in [2.24, 2.45) is 0 Å². The molecule has 1 aliphatic heterocycles. The van der Waals surface area contributed by atoms with E-state index >= 15 is 0 Å². The Hall–Kier alpha value is -3.87. The molecule has 1 saturated heterocycles. The summed E-state index contributed by atoms with van der Waals surface area (Å²) in [6.07, 6.45) is -3.41. The summed E-state index contributed by atoms with van der Waals surface area (Å²) in [7, 11) is 0. The largest absolute Gasteiger partial charge is 0.480 e. The molecule has 0 atom stereocenters. The first-order valence-electron chi connectivity index (χ1n) is 8.56. The average molecular weight is 468 g/mol. The van der Waals surface area contributed by atoms with Gasteiger partial charge in [-0.3, -0.25) is 29.4 Å². The van der Waals surface area contributed by atoms with E-state index in [2.05, 4.69) is 0 Å². The maximum absolute atomic E-state index is 12.8. The van der Waals surface area contributed by atoms with Crippen molar-refractivity contribution in [1.82, 2.24) is 4.90 Å². The molecule has 1 aliphatic rings. The zero-order valence-corrected chi connectivity index (χ0v) is 16.5. The standard InChI is InChI=1S/C19H11F3N2O7S/c20-19(21,22)11-3-6-14(13(8-11)24(29)30)31-12-4-1-10(2-5-12)7-15-17(27)23(9-16(25)26)18(28)32-15/h1-8H,9H2,(H,25,26)/b15-7+. The SMILES string of the molecule is O=C(O)CN1C(=O)S/C(=C/c2ccc(Oc3ccc(C(F)(F)F)cc3[N+](=O)[O-])cc2)C1=O. The smallest absolute Gasteiger partial charge is 0.416 e. The highest BCUT2D eigenvalue weighted by molar-refractivity contribution is 8.18. The number of benzene rings is 2. The highest BCUT2D eigenvalue weighted by Crippen LogP contribution is 2.38. The Balaban J connectivity index is 1.79. The zero-order chi connectivity index (χ0) is 23.6. The lowest BCUT2D eigenvalue weighted by Crippen LogP contribution is -2.33. The Morgan fingerprint density at radius 1 is 1.19 bits per heavy atom. The van der Waals surface area contributed by atoms with E-state index in [1.165, 1.54) is 30.3 Å². The van der Waals surface area contributed by atoms with E-state index in [1.54, 1.807) is 0 Å². The average Bonchev–Trinajstić information content (AvgIpc) is 2.95. The number of halogens is 3. The molecule has 0 aromatic heterocycles. The number of carboxylic acids is 1. The number of imide groups is 1. The predicted octanol–water partition coefficient (Wildman–Crippen LogP) is 4.53. The first-order chi connectivity index (χ1) is 15.0. The number of nitrogens with zero attached hydrogens (tertiary/aromatic N) is 2. The lowest BCUT2D eigenvalue weighted by atomic mass is 10.1. The van der Waals surface area contributed by atoms with Crippen molar-refractivity contribution in [3.05, 3.63) is 68.6 Å². The van der Waals surface area contributed by atoms with Crippen molar-refractivity contribution in [2.45, 2.75) is 6.18 Å². The van der Waals surface area contributed by atoms with E-state index in [0.29, 0.717) is 34.4 Å². The summed E-state index contributed by atoms with van der Waals surface area (Å²) in [4.78, 5) is 45.4. The minimum absolute atomic E-state index is 0.00305.